The molecule has 1 nitrogen and oxygen atoms in total. The first-order chi connectivity index (χ1) is 10.1. The second kappa shape index (κ2) is 7.60. The summed E-state index contributed by atoms with van der Waals surface area (Å²) in [7, 11) is 0. The summed E-state index contributed by atoms with van der Waals surface area (Å²) in [5.74, 6) is -0.234. The first-order valence-corrected chi connectivity index (χ1v) is 8.20. The summed E-state index contributed by atoms with van der Waals surface area (Å²) in [4.78, 5) is 0. The van der Waals surface area contributed by atoms with Gasteiger partial charge in [-0.3, -0.25) is 0 Å². The van der Waals surface area contributed by atoms with Crippen LogP contribution in [0.1, 0.15) is 43.9 Å². The van der Waals surface area contributed by atoms with Crippen molar-refractivity contribution in [1.29, 1.82) is 0 Å². The molecule has 0 bridgehead atoms. The summed E-state index contributed by atoms with van der Waals surface area (Å²) < 4.78 is 14.2. The lowest BCUT2D eigenvalue weighted by Crippen LogP contribution is -2.07. The second-order valence-corrected chi connectivity index (χ2v) is 6.19. The molecule has 0 heterocycles. The zero-order valence-corrected chi connectivity index (χ0v) is 14.1. The van der Waals surface area contributed by atoms with E-state index < -0.39 is 0 Å². The Bertz CT molecular complexity index is 580. The van der Waals surface area contributed by atoms with Gasteiger partial charge in [0.2, 0.25) is 0 Å². The van der Waals surface area contributed by atoms with E-state index in [1.807, 2.05) is 0 Å². The zero-order chi connectivity index (χ0) is 15.2. The number of nitrogens with one attached hydrogen (secondary N) is 1. The van der Waals surface area contributed by atoms with Crippen molar-refractivity contribution < 1.29 is 4.39 Å². The minimum Gasteiger partial charge on any atom is -0.378 e. The van der Waals surface area contributed by atoms with Crippen LogP contribution in [-0.4, -0.2) is 0 Å². The molecular weight excluding hydrogens is 329 g/mol. The number of rotatable bonds is 6. The van der Waals surface area contributed by atoms with Crippen LogP contribution in [0.15, 0.2) is 46.9 Å². The van der Waals surface area contributed by atoms with Crippen molar-refractivity contribution in [2.75, 3.05) is 5.32 Å². The van der Waals surface area contributed by atoms with E-state index in [2.05, 4.69) is 59.4 Å². The molecule has 1 unspecified atom stereocenters. The Morgan fingerprint density at radius 2 is 1.86 bits per heavy atom. The largest absolute Gasteiger partial charge is 0.378 e. The van der Waals surface area contributed by atoms with Crippen molar-refractivity contribution in [2.24, 2.45) is 0 Å². The van der Waals surface area contributed by atoms with Crippen LogP contribution in [-0.2, 0) is 6.42 Å². The molecule has 0 spiro atoms. The molecule has 112 valence electrons. The third-order valence-corrected chi connectivity index (χ3v) is 4.29. The number of hydrogen-bond acceptors (Lipinski definition) is 1. The molecule has 3 heteroatoms. The molecule has 2 aromatic rings. The summed E-state index contributed by atoms with van der Waals surface area (Å²) >= 11 is 3.44. The minimum atomic E-state index is -0.234. The van der Waals surface area contributed by atoms with E-state index in [1.165, 1.54) is 36.1 Å². The van der Waals surface area contributed by atoms with Gasteiger partial charge in [0.05, 0.1) is 5.69 Å². The van der Waals surface area contributed by atoms with Crippen LogP contribution in [0.3, 0.4) is 0 Å². The van der Waals surface area contributed by atoms with E-state index >= 15 is 0 Å². The van der Waals surface area contributed by atoms with Crippen LogP contribution in [0, 0.1) is 5.82 Å². The fraction of sp³-hybridized carbons (Fsp3) is 0.333. The van der Waals surface area contributed by atoms with E-state index in [0.29, 0.717) is 0 Å². The Hall–Kier alpha value is -1.35. The van der Waals surface area contributed by atoms with Gasteiger partial charge in [-0.1, -0.05) is 37.6 Å². The Morgan fingerprint density at radius 3 is 2.52 bits per heavy atom. The van der Waals surface area contributed by atoms with Crippen molar-refractivity contribution in [2.45, 2.75) is 39.2 Å². The van der Waals surface area contributed by atoms with Gasteiger partial charge >= 0.3 is 0 Å². The first kappa shape index (κ1) is 16.0. The molecule has 1 atom stereocenters. The Labute approximate surface area is 134 Å². The van der Waals surface area contributed by atoms with Crippen LogP contribution in [0.4, 0.5) is 10.1 Å². The van der Waals surface area contributed by atoms with Crippen molar-refractivity contribution >= 4 is 21.6 Å². The topological polar surface area (TPSA) is 12.0 Å². The van der Waals surface area contributed by atoms with Gasteiger partial charge in [0, 0.05) is 10.5 Å². The lowest BCUT2D eigenvalue weighted by atomic mass is 10.0. The second-order valence-electron chi connectivity index (χ2n) is 5.34. The summed E-state index contributed by atoms with van der Waals surface area (Å²) in [6.07, 6.45) is 3.57. The number of aryl methyl sites for hydroxylation is 1. The predicted molar refractivity (Wildman–Crippen MR) is 91.2 cm³/mol. The lowest BCUT2D eigenvalue weighted by Gasteiger charge is -2.17. The summed E-state index contributed by atoms with van der Waals surface area (Å²) in [6, 6.07) is 13.5. The predicted octanol–water partition coefficient (Wildman–Crippen LogP) is 6.10. The highest BCUT2D eigenvalue weighted by atomic mass is 79.9. The molecule has 21 heavy (non-hydrogen) atoms. The van der Waals surface area contributed by atoms with Gasteiger partial charge in [-0.15, -0.1) is 0 Å². The van der Waals surface area contributed by atoms with Crippen LogP contribution in [0.25, 0.3) is 0 Å². The number of anilines is 1. The summed E-state index contributed by atoms with van der Waals surface area (Å²) in [5.41, 5.74) is 3.35. The molecule has 2 aromatic carbocycles. The molecular formula is C18H21BrFN. The number of hydrogen-bond donors (Lipinski definition) is 1. The van der Waals surface area contributed by atoms with E-state index in [-0.39, 0.29) is 11.9 Å². The number of unbranched alkanes of at least 4 members (excludes halogenated alkanes) is 1. The average Bonchev–Trinajstić information content (AvgIpc) is 2.49. The molecule has 2 rings (SSSR count). The average molecular weight is 350 g/mol. The standard InChI is InChI=1S/C18H21BrFN/c1-3-4-5-14-6-8-15(9-7-14)13(2)21-18-12-16(20)10-11-17(18)19/h6-13,21H,3-5H2,1-2H3. The van der Waals surface area contributed by atoms with Crippen molar-refractivity contribution in [3.05, 3.63) is 63.9 Å². The Balaban J connectivity index is 2.05. The van der Waals surface area contributed by atoms with Crippen LogP contribution in [0.2, 0.25) is 0 Å². The molecule has 0 saturated heterocycles. The maximum atomic E-state index is 13.3. The lowest BCUT2D eigenvalue weighted by molar-refractivity contribution is 0.627. The molecule has 0 fully saturated rings. The van der Waals surface area contributed by atoms with E-state index in [1.54, 1.807) is 6.07 Å². The number of benzene rings is 2. The minimum absolute atomic E-state index is 0.128. The fourth-order valence-corrected chi connectivity index (χ4v) is 2.64. The molecule has 0 radical (unpaired) electrons. The van der Waals surface area contributed by atoms with Crippen molar-refractivity contribution in [3.63, 3.8) is 0 Å². The SMILES string of the molecule is CCCCc1ccc(C(C)Nc2cc(F)ccc2Br)cc1. The molecule has 0 amide bonds. The third-order valence-electron chi connectivity index (χ3n) is 3.60. The van der Waals surface area contributed by atoms with Crippen LogP contribution >= 0.6 is 15.9 Å². The van der Waals surface area contributed by atoms with Gasteiger partial charge in [0.1, 0.15) is 5.82 Å². The molecule has 0 aliphatic heterocycles. The quantitative estimate of drug-likeness (QED) is 0.663. The highest BCUT2D eigenvalue weighted by Gasteiger charge is 2.08. The van der Waals surface area contributed by atoms with Crippen LogP contribution in [0.5, 0.6) is 0 Å². The highest BCUT2D eigenvalue weighted by molar-refractivity contribution is 9.10. The van der Waals surface area contributed by atoms with Crippen LogP contribution < -0.4 is 5.32 Å². The van der Waals surface area contributed by atoms with E-state index in [0.717, 1.165) is 16.6 Å². The van der Waals surface area contributed by atoms with Crippen molar-refractivity contribution in [1.82, 2.24) is 0 Å². The van der Waals surface area contributed by atoms with Gasteiger partial charge < -0.3 is 5.32 Å². The number of halogens is 2. The highest BCUT2D eigenvalue weighted by Crippen LogP contribution is 2.27. The zero-order valence-electron chi connectivity index (χ0n) is 12.5. The smallest absolute Gasteiger partial charge is 0.125 e. The monoisotopic (exact) mass is 349 g/mol. The Kier molecular flexibility index (Phi) is 5.80. The van der Waals surface area contributed by atoms with Crippen molar-refractivity contribution in [3.8, 4) is 0 Å². The van der Waals surface area contributed by atoms with Gasteiger partial charge in [-0.2, -0.15) is 0 Å². The molecule has 0 aromatic heterocycles. The van der Waals surface area contributed by atoms with Gasteiger partial charge in [-0.05, 0) is 65.0 Å². The summed E-state index contributed by atoms with van der Waals surface area (Å²) in [5, 5.41) is 3.34. The maximum Gasteiger partial charge on any atom is 0.125 e. The van der Waals surface area contributed by atoms with E-state index in [4.69, 9.17) is 0 Å². The van der Waals surface area contributed by atoms with E-state index in [9.17, 15) is 4.39 Å². The molecule has 1 N–H and O–H groups in total. The summed E-state index contributed by atoms with van der Waals surface area (Å²) in [6.45, 7) is 4.29. The maximum absolute atomic E-state index is 13.3. The fourth-order valence-electron chi connectivity index (χ4n) is 2.28. The third kappa shape index (κ3) is 4.57. The van der Waals surface area contributed by atoms with Gasteiger partial charge in [-0.25, -0.2) is 4.39 Å². The first-order valence-electron chi connectivity index (χ1n) is 7.40. The van der Waals surface area contributed by atoms with Gasteiger partial charge in [0.15, 0.2) is 0 Å². The molecule has 0 aliphatic carbocycles. The normalized spacial score (nSPS) is 12.2. The van der Waals surface area contributed by atoms with Gasteiger partial charge in [0.25, 0.3) is 0 Å². The molecule has 0 aliphatic rings. The molecule has 0 saturated carbocycles. The Morgan fingerprint density at radius 1 is 1.14 bits per heavy atom.